The molecule has 0 bridgehead atoms. The highest BCUT2D eigenvalue weighted by Gasteiger charge is 2.01. The summed E-state index contributed by atoms with van der Waals surface area (Å²) in [6, 6.07) is 8.63. The molecule has 0 fully saturated rings. The largest absolute Gasteiger partial charge is 0.0995 e. The second-order valence-electron chi connectivity index (χ2n) is 3.82. The second kappa shape index (κ2) is 6.23. The van der Waals surface area contributed by atoms with Gasteiger partial charge in [0.1, 0.15) is 0 Å². The van der Waals surface area contributed by atoms with Gasteiger partial charge in [0.25, 0.3) is 0 Å². The van der Waals surface area contributed by atoms with E-state index in [9.17, 15) is 0 Å². The Morgan fingerprint density at radius 3 is 2.53 bits per heavy atom. The van der Waals surface area contributed by atoms with Crippen molar-refractivity contribution in [3.05, 3.63) is 59.7 Å². The van der Waals surface area contributed by atoms with Crippen molar-refractivity contribution >= 4 is 0 Å². The molecule has 80 valence electrons. The first-order chi connectivity index (χ1) is 7.27. The topological polar surface area (TPSA) is 0 Å². The Labute approximate surface area is 93.3 Å². The van der Waals surface area contributed by atoms with Crippen LogP contribution in [0.2, 0.25) is 0 Å². The van der Waals surface area contributed by atoms with Gasteiger partial charge < -0.3 is 0 Å². The molecule has 0 unspecified atom stereocenters. The summed E-state index contributed by atoms with van der Waals surface area (Å²) in [6.07, 6.45) is 7.42. The third-order valence-electron chi connectivity index (χ3n) is 2.63. The standard InChI is InChI=1S/C15H20/c1-4-6-9-14-10-7-8-11-15(14)12-13(3)5-2/h4,6-8,10-11H,3,5,9,12H2,1-2H3/b6-4-. The van der Waals surface area contributed by atoms with E-state index < -0.39 is 0 Å². The van der Waals surface area contributed by atoms with Crippen LogP contribution in [0.15, 0.2) is 48.6 Å². The molecule has 0 nitrogen and oxygen atoms in total. The lowest BCUT2D eigenvalue weighted by Crippen LogP contribution is -1.94. The van der Waals surface area contributed by atoms with E-state index in [2.05, 4.69) is 56.8 Å². The molecule has 1 aromatic carbocycles. The van der Waals surface area contributed by atoms with Crippen LogP contribution in [0.3, 0.4) is 0 Å². The first-order valence-corrected chi connectivity index (χ1v) is 5.62. The zero-order chi connectivity index (χ0) is 11.1. The Morgan fingerprint density at radius 1 is 1.27 bits per heavy atom. The second-order valence-corrected chi connectivity index (χ2v) is 3.82. The molecule has 15 heavy (non-hydrogen) atoms. The molecule has 0 aliphatic carbocycles. The first kappa shape index (κ1) is 11.8. The molecule has 0 spiro atoms. The van der Waals surface area contributed by atoms with Crippen molar-refractivity contribution < 1.29 is 0 Å². The fraction of sp³-hybridized carbons (Fsp3) is 0.333. The highest BCUT2D eigenvalue weighted by atomic mass is 14.1. The summed E-state index contributed by atoms with van der Waals surface area (Å²) >= 11 is 0. The predicted molar refractivity (Wildman–Crippen MR) is 68.1 cm³/mol. The maximum absolute atomic E-state index is 4.07. The number of hydrogen-bond donors (Lipinski definition) is 0. The lowest BCUT2D eigenvalue weighted by molar-refractivity contribution is 0.995. The van der Waals surface area contributed by atoms with Crippen molar-refractivity contribution in [3.8, 4) is 0 Å². The molecular formula is C15H20. The highest BCUT2D eigenvalue weighted by molar-refractivity contribution is 5.31. The normalized spacial score (nSPS) is 10.8. The molecule has 1 aromatic rings. The minimum atomic E-state index is 1.02. The number of rotatable bonds is 5. The minimum absolute atomic E-state index is 1.02. The molecule has 1 rings (SSSR count). The molecule has 0 aliphatic heterocycles. The predicted octanol–water partition coefficient (Wildman–Crippen LogP) is 4.31. The van der Waals surface area contributed by atoms with Crippen LogP contribution in [0.4, 0.5) is 0 Å². The highest BCUT2D eigenvalue weighted by Crippen LogP contribution is 2.15. The van der Waals surface area contributed by atoms with Crippen LogP contribution < -0.4 is 0 Å². The molecule has 0 amide bonds. The Hall–Kier alpha value is -1.30. The smallest absolute Gasteiger partial charge is 0.00671 e. The quantitative estimate of drug-likeness (QED) is 0.621. The Kier molecular flexibility index (Phi) is 4.89. The van der Waals surface area contributed by atoms with Crippen molar-refractivity contribution in [3.63, 3.8) is 0 Å². The third-order valence-corrected chi connectivity index (χ3v) is 2.63. The van der Waals surface area contributed by atoms with Crippen LogP contribution in [-0.4, -0.2) is 0 Å². The monoisotopic (exact) mass is 200 g/mol. The summed E-state index contributed by atoms with van der Waals surface area (Å²) in [7, 11) is 0. The van der Waals surface area contributed by atoms with Crippen molar-refractivity contribution in [2.45, 2.75) is 33.1 Å². The number of allylic oxidation sites excluding steroid dienone is 3. The molecular weight excluding hydrogens is 180 g/mol. The summed E-state index contributed by atoms with van der Waals surface area (Å²) in [5, 5.41) is 0. The maximum Gasteiger partial charge on any atom is -0.00671 e. The van der Waals surface area contributed by atoms with E-state index in [4.69, 9.17) is 0 Å². The molecule has 0 saturated carbocycles. The van der Waals surface area contributed by atoms with Gasteiger partial charge >= 0.3 is 0 Å². The first-order valence-electron chi connectivity index (χ1n) is 5.62. The van der Waals surface area contributed by atoms with Gasteiger partial charge in [0.2, 0.25) is 0 Å². The molecule has 0 heteroatoms. The summed E-state index contributed by atoms with van der Waals surface area (Å²) in [5.41, 5.74) is 4.15. The molecule has 0 aliphatic rings. The van der Waals surface area contributed by atoms with Gasteiger partial charge in [-0.25, -0.2) is 0 Å². The fourth-order valence-corrected chi connectivity index (χ4v) is 1.57. The lowest BCUT2D eigenvalue weighted by Gasteiger charge is -2.08. The fourth-order valence-electron chi connectivity index (χ4n) is 1.57. The third kappa shape index (κ3) is 3.75. The molecule has 0 saturated heterocycles. The number of benzene rings is 1. The summed E-state index contributed by atoms with van der Waals surface area (Å²) in [4.78, 5) is 0. The van der Waals surface area contributed by atoms with Crippen molar-refractivity contribution in [2.75, 3.05) is 0 Å². The van der Waals surface area contributed by atoms with E-state index >= 15 is 0 Å². The molecule has 0 radical (unpaired) electrons. The summed E-state index contributed by atoms with van der Waals surface area (Å²) < 4.78 is 0. The van der Waals surface area contributed by atoms with Gasteiger partial charge in [-0.2, -0.15) is 0 Å². The molecule has 0 heterocycles. The lowest BCUT2D eigenvalue weighted by atomic mass is 9.97. The van der Waals surface area contributed by atoms with Crippen molar-refractivity contribution in [2.24, 2.45) is 0 Å². The van der Waals surface area contributed by atoms with E-state index in [-0.39, 0.29) is 0 Å². The van der Waals surface area contributed by atoms with E-state index in [1.807, 2.05) is 0 Å². The van der Waals surface area contributed by atoms with Gasteiger partial charge in [-0.1, -0.05) is 55.5 Å². The summed E-state index contributed by atoms with van der Waals surface area (Å²) in [5.74, 6) is 0. The minimum Gasteiger partial charge on any atom is -0.0995 e. The Balaban J connectivity index is 2.81. The molecule has 0 atom stereocenters. The van der Waals surface area contributed by atoms with E-state index in [1.165, 1.54) is 16.7 Å². The zero-order valence-corrected chi connectivity index (χ0v) is 9.79. The van der Waals surface area contributed by atoms with Crippen LogP contribution in [0, 0.1) is 0 Å². The van der Waals surface area contributed by atoms with Crippen LogP contribution in [-0.2, 0) is 12.8 Å². The Bertz CT molecular complexity index is 345. The average Bonchev–Trinajstić information content (AvgIpc) is 2.28. The van der Waals surface area contributed by atoms with Gasteiger partial charge in [-0.05, 0) is 37.3 Å². The Morgan fingerprint density at radius 2 is 1.93 bits per heavy atom. The van der Waals surface area contributed by atoms with Gasteiger partial charge in [-0.15, -0.1) is 0 Å². The van der Waals surface area contributed by atoms with Crippen LogP contribution in [0.1, 0.15) is 31.4 Å². The van der Waals surface area contributed by atoms with E-state index in [0.717, 1.165) is 19.3 Å². The maximum atomic E-state index is 4.07. The van der Waals surface area contributed by atoms with Gasteiger partial charge in [0.15, 0.2) is 0 Å². The van der Waals surface area contributed by atoms with Crippen molar-refractivity contribution in [1.82, 2.24) is 0 Å². The van der Waals surface area contributed by atoms with Crippen LogP contribution >= 0.6 is 0 Å². The van der Waals surface area contributed by atoms with Gasteiger partial charge in [-0.3, -0.25) is 0 Å². The van der Waals surface area contributed by atoms with Crippen molar-refractivity contribution in [1.29, 1.82) is 0 Å². The van der Waals surface area contributed by atoms with Crippen LogP contribution in [0.5, 0.6) is 0 Å². The van der Waals surface area contributed by atoms with E-state index in [1.54, 1.807) is 0 Å². The van der Waals surface area contributed by atoms with Gasteiger partial charge in [0.05, 0.1) is 0 Å². The van der Waals surface area contributed by atoms with Gasteiger partial charge in [0, 0.05) is 0 Å². The molecule has 0 N–H and O–H groups in total. The van der Waals surface area contributed by atoms with E-state index in [0.29, 0.717) is 0 Å². The average molecular weight is 200 g/mol. The SMILES string of the molecule is C=C(CC)Cc1ccccc1C/C=C\C. The van der Waals surface area contributed by atoms with Crippen LogP contribution in [0.25, 0.3) is 0 Å². The zero-order valence-electron chi connectivity index (χ0n) is 9.79. The number of hydrogen-bond acceptors (Lipinski definition) is 0. The molecule has 0 aromatic heterocycles. The summed E-state index contributed by atoms with van der Waals surface area (Å²) in [6.45, 7) is 8.30.